The van der Waals surface area contributed by atoms with Crippen LogP contribution in [0.1, 0.15) is 13.3 Å². The molecule has 0 saturated heterocycles. The summed E-state index contributed by atoms with van der Waals surface area (Å²) in [7, 11) is -3.59. The van der Waals surface area contributed by atoms with Crippen molar-refractivity contribution in [1.29, 1.82) is 0 Å². The first kappa shape index (κ1) is 14.0. The molecule has 0 fully saturated rings. The molecule has 2 N–H and O–H groups in total. The van der Waals surface area contributed by atoms with Crippen LogP contribution >= 0.6 is 0 Å². The molecule has 0 aliphatic rings. The molecule has 0 aromatic heterocycles. The van der Waals surface area contributed by atoms with Crippen LogP contribution in [0, 0.1) is 0 Å². The Bertz CT molecular complexity index is 663. The lowest BCUT2D eigenvalue weighted by molar-refractivity contribution is 0.254. The first-order valence-corrected chi connectivity index (χ1v) is 7.67. The van der Waals surface area contributed by atoms with Gasteiger partial charge in [-0.1, -0.05) is 37.3 Å². The van der Waals surface area contributed by atoms with Crippen LogP contribution in [-0.4, -0.2) is 26.2 Å². The highest BCUT2D eigenvalue weighted by atomic mass is 32.2. The molecule has 0 radical (unpaired) electrons. The summed E-state index contributed by atoms with van der Waals surface area (Å²) in [6.45, 7) is 1.62. The molecule has 1 unspecified atom stereocenters. The van der Waals surface area contributed by atoms with Gasteiger partial charge in [-0.3, -0.25) is 0 Å². The number of aliphatic hydroxyl groups is 1. The molecule has 2 aromatic carbocycles. The molecule has 2 rings (SSSR count). The number of sulfonamides is 1. The maximum absolute atomic E-state index is 12.2. The van der Waals surface area contributed by atoms with Gasteiger partial charge in [0.1, 0.15) is 0 Å². The Hall–Kier alpha value is -1.43. The summed E-state index contributed by atoms with van der Waals surface area (Å²) in [5.41, 5.74) is 0. The maximum atomic E-state index is 12.2. The van der Waals surface area contributed by atoms with Crippen LogP contribution in [0.25, 0.3) is 10.8 Å². The van der Waals surface area contributed by atoms with E-state index in [0.717, 1.165) is 10.8 Å². The molecular formula is C14H17NO3S. The van der Waals surface area contributed by atoms with E-state index in [2.05, 4.69) is 4.72 Å². The van der Waals surface area contributed by atoms with Gasteiger partial charge in [0, 0.05) is 6.04 Å². The Morgan fingerprint density at radius 2 is 1.84 bits per heavy atom. The van der Waals surface area contributed by atoms with Crippen LogP contribution in [0.4, 0.5) is 0 Å². The zero-order chi connectivity index (χ0) is 13.9. The molecule has 1 atom stereocenters. The van der Waals surface area contributed by atoms with Crippen molar-refractivity contribution in [3.8, 4) is 0 Å². The molecule has 0 aliphatic heterocycles. The third-order valence-corrected chi connectivity index (χ3v) is 4.58. The van der Waals surface area contributed by atoms with Gasteiger partial charge in [0.15, 0.2) is 0 Å². The molecule has 0 saturated carbocycles. The van der Waals surface area contributed by atoms with Gasteiger partial charge in [0.25, 0.3) is 0 Å². The summed E-state index contributed by atoms with van der Waals surface area (Å²) in [6, 6.07) is 12.1. The SMILES string of the molecule is CCC(CO)NS(=O)(=O)c1ccc2ccccc2c1. The fraction of sp³-hybridized carbons (Fsp3) is 0.286. The fourth-order valence-corrected chi connectivity index (χ4v) is 3.22. The average molecular weight is 279 g/mol. The highest BCUT2D eigenvalue weighted by molar-refractivity contribution is 7.89. The molecule has 0 heterocycles. The van der Waals surface area contributed by atoms with Crippen LogP contribution in [0.2, 0.25) is 0 Å². The Labute approximate surface area is 113 Å². The lowest BCUT2D eigenvalue weighted by Crippen LogP contribution is -2.36. The molecule has 0 aliphatic carbocycles. The van der Waals surface area contributed by atoms with Gasteiger partial charge in [-0.15, -0.1) is 0 Å². The van der Waals surface area contributed by atoms with E-state index in [1.54, 1.807) is 18.2 Å². The van der Waals surface area contributed by atoms with Crippen molar-refractivity contribution in [2.24, 2.45) is 0 Å². The lowest BCUT2D eigenvalue weighted by Gasteiger charge is -2.14. The Balaban J connectivity index is 2.37. The van der Waals surface area contributed by atoms with Crippen molar-refractivity contribution in [3.05, 3.63) is 42.5 Å². The zero-order valence-electron chi connectivity index (χ0n) is 10.7. The van der Waals surface area contributed by atoms with E-state index in [9.17, 15) is 8.42 Å². The van der Waals surface area contributed by atoms with E-state index in [-0.39, 0.29) is 11.5 Å². The van der Waals surface area contributed by atoms with E-state index >= 15 is 0 Å². The van der Waals surface area contributed by atoms with Crippen LogP contribution < -0.4 is 4.72 Å². The Kier molecular flexibility index (Phi) is 4.19. The molecule has 19 heavy (non-hydrogen) atoms. The number of hydrogen-bond acceptors (Lipinski definition) is 3. The second-order valence-electron chi connectivity index (χ2n) is 4.42. The summed E-state index contributed by atoms with van der Waals surface area (Å²) in [5, 5.41) is 11.0. The van der Waals surface area contributed by atoms with E-state index < -0.39 is 16.1 Å². The zero-order valence-corrected chi connectivity index (χ0v) is 11.5. The quantitative estimate of drug-likeness (QED) is 0.878. The van der Waals surface area contributed by atoms with Crippen molar-refractivity contribution in [1.82, 2.24) is 4.72 Å². The van der Waals surface area contributed by atoms with Crippen molar-refractivity contribution in [2.75, 3.05) is 6.61 Å². The summed E-state index contributed by atoms with van der Waals surface area (Å²) < 4.78 is 26.9. The second-order valence-corrected chi connectivity index (χ2v) is 6.13. The van der Waals surface area contributed by atoms with Crippen LogP contribution in [0.3, 0.4) is 0 Å². The van der Waals surface area contributed by atoms with E-state index in [0.29, 0.717) is 6.42 Å². The molecule has 0 bridgehead atoms. The van der Waals surface area contributed by atoms with Gasteiger partial charge >= 0.3 is 0 Å². The normalized spacial score (nSPS) is 13.6. The highest BCUT2D eigenvalue weighted by Crippen LogP contribution is 2.19. The number of aliphatic hydroxyl groups excluding tert-OH is 1. The van der Waals surface area contributed by atoms with Crippen molar-refractivity contribution < 1.29 is 13.5 Å². The maximum Gasteiger partial charge on any atom is 0.240 e. The van der Waals surface area contributed by atoms with Crippen molar-refractivity contribution in [3.63, 3.8) is 0 Å². The number of rotatable bonds is 5. The van der Waals surface area contributed by atoms with Crippen LogP contribution in [0.15, 0.2) is 47.4 Å². The van der Waals surface area contributed by atoms with Gasteiger partial charge < -0.3 is 5.11 Å². The highest BCUT2D eigenvalue weighted by Gasteiger charge is 2.18. The first-order chi connectivity index (χ1) is 9.06. The molecule has 5 heteroatoms. The minimum Gasteiger partial charge on any atom is -0.395 e. The summed E-state index contributed by atoms with van der Waals surface area (Å²) >= 11 is 0. The van der Waals surface area contributed by atoms with E-state index in [1.165, 1.54) is 0 Å². The van der Waals surface area contributed by atoms with Gasteiger partial charge in [-0.25, -0.2) is 13.1 Å². The molecule has 2 aromatic rings. The predicted molar refractivity (Wildman–Crippen MR) is 75.4 cm³/mol. The molecule has 4 nitrogen and oxygen atoms in total. The Morgan fingerprint density at radius 3 is 2.47 bits per heavy atom. The number of benzene rings is 2. The molecule has 0 amide bonds. The summed E-state index contributed by atoms with van der Waals surface area (Å²) in [6.07, 6.45) is 0.545. The van der Waals surface area contributed by atoms with Gasteiger partial charge in [0.05, 0.1) is 11.5 Å². The molecular weight excluding hydrogens is 262 g/mol. The first-order valence-electron chi connectivity index (χ1n) is 6.19. The Morgan fingerprint density at radius 1 is 1.16 bits per heavy atom. The molecule has 0 spiro atoms. The summed E-state index contributed by atoms with van der Waals surface area (Å²) in [5.74, 6) is 0. The minimum atomic E-state index is -3.59. The van der Waals surface area contributed by atoms with Crippen molar-refractivity contribution in [2.45, 2.75) is 24.3 Å². The van der Waals surface area contributed by atoms with Crippen LogP contribution in [0.5, 0.6) is 0 Å². The van der Waals surface area contributed by atoms with Gasteiger partial charge in [0.2, 0.25) is 10.0 Å². The van der Waals surface area contributed by atoms with Crippen molar-refractivity contribution >= 4 is 20.8 Å². The second kappa shape index (κ2) is 5.69. The number of fused-ring (bicyclic) bond motifs is 1. The number of hydrogen-bond donors (Lipinski definition) is 2. The van der Waals surface area contributed by atoms with E-state index in [1.807, 2.05) is 31.2 Å². The predicted octanol–water partition coefficient (Wildman–Crippen LogP) is 1.89. The third kappa shape index (κ3) is 3.12. The fourth-order valence-electron chi connectivity index (χ4n) is 1.87. The monoisotopic (exact) mass is 279 g/mol. The lowest BCUT2D eigenvalue weighted by atomic mass is 10.1. The van der Waals surface area contributed by atoms with E-state index in [4.69, 9.17) is 5.11 Å². The number of nitrogens with one attached hydrogen (secondary N) is 1. The average Bonchev–Trinajstić information content (AvgIpc) is 2.44. The molecule has 102 valence electrons. The largest absolute Gasteiger partial charge is 0.395 e. The van der Waals surface area contributed by atoms with Gasteiger partial charge in [-0.05, 0) is 29.3 Å². The smallest absolute Gasteiger partial charge is 0.240 e. The topological polar surface area (TPSA) is 66.4 Å². The van der Waals surface area contributed by atoms with Gasteiger partial charge in [-0.2, -0.15) is 0 Å². The third-order valence-electron chi connectivity index (χ3n) is 3.07. The van der Waals surface area contributed by atoms with Crippen LogP contribution in [-0.2, 0) is 10.0 Å². The standard InChI is InChI=1S/C14H17NO3S/c1-2-13(10-16)15-19(17,18)14-8-7-11-5-3-4-6-12(11)9-14/h3-9,13,15-16H,2,10H2,1H3. The minimum absolute atomic E-state index is 0.205. The summed E-state index contributed by atoms with van der Waals surface area (Å²) in [4.78, 5) is 0.220.